The molecule has 1 aromatic heterocycles. The van der Waals surface area contributed by atoms with E-state index in [1.165, 1.54) is 27.1 Å². The molecule has 0 radical (unpaired) electrons. The molecule has 146 valence electrons. The predicted octanol–water partition coefficient (Wildman–Crippen LogP) is 7.58. The summed E-state index contributed by atoms with van der Waals surface area (Å²) in [6.45, 7) is 2.09. The summed E-state index contributed by atoms with van der Waals surface area (Å²) >= 11 is 0. The molecule has 0 aliphatic carbocycles. The van der Waals surface area contributed by atoms with Crippen LogP contribution in [0, 0.1) is 6.92 Å². The van der Waals surface area contributed by atoms with E-state index in [-0.39, 0.29) is 0 Å². The van der Waals surface area contributed by atoms with E-state index in [2.05, 4.69) is 110 Å². The second kappa shape index (κ2) is 7.03. The fourth-order valence-electron chi connectivity index (χ4n) is 4.24. The van der Waals surface area contributed by atoms with Gasteiger partial charge in [-0.05, 0) is 58.3 Å². The van der Waals surface area contributed by atoms with Crippen LogP contribution in [-0.2, 0) is 0 Å². The van der Waals surface area contributed by atoms with Gasteiger partial charge in [-0.3, -0.25) is 0 Å². The summed E-state index contributed by atoms with van der Waals surface area (Å²) in [5.74, 6) is 0. The maximum atomic E-state index is 5.11. The average molecular weight is 396 g/mol. The molecule has 0 spiro atoms. The van der Waals surface area contributed by atoms with Crippen LogP contribution in [-0.4, -0.2) is 9.97 Å². The second-order valence-electron chi connectivity index (χ2n) is 8.04. The lowest BCUT2D eigenvalue weighted by atomic mass is 9.98. The highest BCUT2D eigenvalue weighted by Crippen LogP contribution is 2.34. The average Bonchev–Trinajstić information content (AvgIpc) is 2.82. The Morgan fingerprint density at radius 2 is 0.968 bits per heavy atom. The van der Waals surface area contributed by atoms with Crippen molar-refractivity contribution in [2.75, 3.05) is 0 Å². The minimum atomic E-state index is 0.914. The smallest absolute Gasteiger partial charge is 0.0973 e. The maximum Gasteiger partial charge on any atom is 0.0973 e. The van der Waals surface area contributed by atoms with Crippen LogP contribution in [0.4, 0.5) is 0 Å². The van der Waals surface area contributed by atoms with Crippen molar-refractivity contribution in [3.63, 3.8) is 0 Å². The van der Waals surface area contributed by atoms with Crippen LogP contribution in [0.25, 0.3) is 55.1 Å². The Morgan fingerprint density at radius 1 is 0.452 bits per heavy atom. The van der Waals surface area contributed by atoms with E-state index in [1.54, 1.807) is 0 Å². The van der Waals surface area contributed by atoms with Crippen LogP contribution in [0.1, 0.15) is 5.56 Å². The molecule has 0 atom stereocenters. The van der Waals surface area contributed by atoms with Gasteiger partial charge in [0.1, 0.15) is 0 Å². The predicted molar refractivity (Wildman–Crippen MR) is 130 cm³/mol. The first-order valence-electron chi connectivity index (χ1n) is 10.5. The van der Waals surface area contributed by atoms with Crippen molar-refractivity contribution >= 4 is 32.6 Å². The number of hydrogen-bond acceptors (Lipinski definition) is 2. The molecule has 0 N–H and O–H groups in total. The molecule has 0 fully saturated rings. The highest BCUT2D eigenvalue weighted by atomic mass is 14.8. The molecule has 0 saturated heterocycles. The van der Waals surface area contributed by atoms with E-state index >= 15 is 0 Å². The molecular formula is C29H20N2. The first-order chi connectivity index (χ1) is 15.2. The third kappa shape index (κ3) is 3.13. The molecule has 0 aliphatic heterocycles. The fraction of sp³-hybridized carbons (Fsp3) is 0.0345. The molecule has 6 aromatic rings. The Balaban J connectivity index is 1.65. The molecule has 2 nitrogen and oxygen atoms in total. The molecule has 6 rings (SSSR count). The molecule has 1 heterocycles. The van der Waals surface area contributed by atoms with Crippen LogP contribution in [0.5, 0.6) is 0 Å². The molecule has 0 amide bonds. The van der Waals surface area contributed by atoms with Gasteiger partial charge in [0.2, 0.25) is 0 Å². The van der Waals surface area contributed by atoms with Gasteiger partial charge in [0.05, 0.1) is 22.4 Å². The van der Waals surface area contributed by atoms with Crippen molar-refractivity contribution < 1.29 is 0 Å². The van der Waals surface area contributed by atoms with Gasteiger partial charge in [0, 0.05) is 11.1 Å². The van der Waals surface area contributed by atoms with Crippen molar-refractivity contribution in [2.45, 2.75) is 6.92 Å². The highest BCUT2D eigenvalue weighted by molar-refractivity contribution is 5.94. The van der Waals surface area contributed by atoms with Gasteiger partial charge in [-0.1, -0.05) is 78.9 Å². The van der Waals surface area contributed by atoms with Crippen molar-refractivity contribution in [3.05, 3.63) is 109 Å². The Bertz CT molecular complexity index is 1600. The zero-order chi connectivity index (χ0) is 20.8. The number of aromatic nitrogens is 2. The summed E-state index contributed by atoms with van der Waals surface area (Å²) in [6, 6.07) is 36.2. The van der Waals surface area contributed by atoms with E-state index in [1.807, 2.05) is 0 Å². The molecule has 0 saturated carbocycles. The standard InChI is InChI=1S/C29H20N2/c1-19-10-15-26-27(16-19)31-29(25-14-12-21-7-3-5-9-23(21)18-25)28(30-26)24-13-11-20-6-2-4-8-22(20)17-24/h2-18H,1H3. The van der Waals surface area contributed by atoms with Crippen molar-refractivity contribution in [3.8, 4) is 22.5 Å². The summed E-state index contributed by atoms with van der Waals surface area (Å²) in [5.41, 5.74) is 7.02. The summed E-state index contributed by atoms with van der Waals surface area (Å²) in [5, 5.41) is 4.86. The van der Waals surface area contributed by atoms with Gasteiger partial charge < -0.3 is 0 Å². The first kappa shape index (κ1) is 17.8. The normalized spacial score (nSPS) is 11.4. The van der Waals surface area contributed by atoms with Gasteiger partial charge >= 0.3 is 0 Å². The number of benzene rings is 5. The molecule has 31 heavy (non-hydrogen) atoms. The van der Waals surface area contributed by atoms with E-state index < -0.39 is 0 Å². The second-order valence-corrected chi connectivity index (χ2v) is 8.04. The molecule has 2 heteroatoms. The largest absolute Gasteiger partial charge is 0.244 e. The van der Waals surface area contributed by atoms with Gasteiger partial charge in [0.15, 0.2) is 0 Å². The zero-order valence-corrected chi connectivity index (χ0v) is 17.2. The quantitative estimate of drug-likeness (QED) is 0.301. The van der Waals surface area contributed by atoms with Crippen molar-refractivity contribution in [1.82, 2.24) is 9.97 Å². The lowest BCUT2D eigenvalue weighted by Crippen LogP contribution is -1.96. The van der Waals surface area contributed by atoms with E-state index in [9.17, 15) is 0 Å². The van der Waals surface area contributed by atoms with Crippen molar-refractivity contribution in [2.24, 2.45) is 0 Å². The Morgan fingerprint density at radius 3 is 1.55 bits per heavy atom. The van der Waals surface area contributed by atoms with E-state index in [0.29, 0.717) is 0 Å². The third-order valence-corrected chi connectivity index (χ3v) is 5.87. The topological polar surface area (TPSA) is 25.8 Å². The number of rotatable bonds is 2. The number of nitrogens with zero attached hydrogens (tertiary/aromatic N) is 2. The minimum Gasteiger partial charge on any atom is -0.244 e. The number of fused-ring (bicyclic) bond motifs is 3. The molecule has 0 aliphatic rings. The zero-order valence-electron chi connectivity index (χ0n) is 17.2. The van der Waals surface area contributed by atoms with Gasteiger partial charge in [0.25, 0.3) is 0 Å². The van der Waals surface area contributed by atoms with Crippen LogP contribution >= 0.6 is 0 Å². The van der Waals surface area contributed by atoms with Gasteiger partial charge in [-0.2, -0.15) is 0 Å². The fourth-order valence-corrected chi connectivity index (χ4v) is 4.24. The van der Waals surface area contributed by atoms with Crippen LogP contribution in [0.2, 0.25) is 0 Å². The summed E-state index contributed by atoms with van der Waals surface area (Å²) in [7, 11) is 0. The number of hydrogen-bond donors (Lipinski definition) is 0. The monoisotopic (exact) mass is 396 g/mol. The lowest BCUT2D eigenvalue weighted by Gasteiger charge is -2.12. The molecule has 0 unspecified atom stereocenters. The van der Waals surface area contributed by atoms with Crippen LogP contribution in [0.3, 0.4) is 0 Å². The van der Waals surface area contributed by atoms with E-state index in [0.717, 1.165) is 33.5 Å². The molecule has 0 bridgehead atoms. The summed E-state index contributed by atoms with van der Waals surface area (Å²) in [6.07, 6.45) is 0. The third-order valence-electron chi connectivity index (χ3n) is 5.87. The minimum absolute atomic E-state index is 0.914. The molecular weight excluding hydrogens is 376 g/mol. The Labute approximate surface area is 180 Å². The highest BCUT2D eigenvalue weighted by Gasteiger charge is 2.14. The Hall–Kier alpha value is -4.04. The lowest BCUT2D eigenvalue weighted by molar-refractivity contribution is 1.29. The van der Waals surface area contributed by atoms with Crippen molar-refractivity contribution in [1.29, 1.82) is 0 Å². The first-order valence-corrected chi connectivity index (χ1v) is 10.5. The summed E-state index contributed by atoms with van der Waals surface area (Å²) < 4.78 is 0. The molecule has 5 aromatic carbocycles. The van der Waals surface area contributed by atoms with Crippen LogP contribution < -0.4 is 0 Å². The summed E-state index contributed by atoms with van der Waals surface area (Å²) in [4.78, 5) is 10.2. The number of aryl methyl sites for hydroxylation is 1. The Kier molecular flexibility index (Phi) is 4.03. The van der Waals surface area contributed by atoms with Gasteiger partial charge in [-0.15, -0.1) is 0 Å². The van der Waals surface area contributed by atoms with Gasteiger partial charge in [-0.25, -0.2) is 9.97 Å². The SMILES string of the molecule is Cc1ccc2nc(-c3ccc4ccccc4c3)c(-c3ccc4ccccc4c3)nc2c1. The van der Waals surface area contributed by atoms with E-state index in [4.69, 9.17) is 9.97 Å². The maximum absolute atomic E-state index is 5.11. The van der Waals surface area contributed by atoms with Crippen LogP contribution in [0.15, 0.2) is 103 Å².